The number of esters is 2. The van der Waals surface area contributed by atoms with Gasteiger partial charge in [-0.15, -0.1) is 0 Å². The van der Waals surface area contributed by atoms with Crippen molar-refractivity contribution in [2.75, 3.05) is 47.5 Å². The Kier molecular flexibility index (Phi) is 72.5. The summed E-state index contributed by atoms with van der Waals surface area (Å²) >= 11 is 0. The monoisotopic (exact) mass is 1310 g/mol. The summed E-state index contributed by atoms with van der Waals surface area (Å²) in [6.45, 7) is 4.55. The maximum absolute atomic E-state index is 12.9. The Bertz CT molecular complexity index is 1490. The van der Waals surface area contributed by atoms with E-state index in [0.717, 1.165) is 38.5 Å². The summed E-state index contributed by atoms with van der Waals surface area (Å²) in [6.07, 6.45) is 91.3. The van der Waals surface area contributed by atoms with Gasteiger partial charge in [0.2, 0.25) is 0 Å². The van der Waals surface area contributed by atoms with Gasteiger partial charge in [0.15, 0.2) is 6.10 Å². The van der Waals surface area contributed by atoms with Gasteiger partial charge in [-0.2, -0.15) is 0 Å². The van der Waals surface area contributed by atoms with Gasteiger partial charge in [0.05, 0.1) is 27.7 Å². The van der Waals surface area contributed by atoms with Gasteiger partial charge in [0.25, 0.3) is 0 Å². The van der Waals surface area contributed by atoms with Gasteiger partial charge in [-0.05, 0) is 12.8 Å². The number of unbranched alkanes of at least 4 members (excludes halogenated alkanes) is 65. The van der Waals surface area contributed by atoms with Crippen LogP contribution in [-0.2, 0) is 32.7 Å². The van der Waals surface area contributed by atoms with E-state index in [1.165, 1.54) is 392 Å². The van der Waals surface area contributed by atoms with Crippen LogP contribution in [0.2, 0.25) is 0 Å². The number of phosphoric acid groups is 1. The molecule has 0 saturated heterocycles. The first-order valence-electron chi connectivity index (χ1n) is 41.3. The molecule has 0 aromatic carbocycles. The van der Waals surface area contributed by atoms with Crippen LogP contribution in [0, 0.1) is 0 Å². The molecule has 0 heterocycles. The molecule has 0 aliphatic carbocycles. The van der Waals surface area contributed by atoms with E-state index in [4.69, 9.17) is 18.5 Å². The Balaban J connectivity index is 3.86. The standard InChI is InChI=1S/C81H162NO8P/c1-6-8-10-12-14-16-18-20-22-24-26-28-30-32-34-36-38-39-40-41-42-43-44-46-48-50-52-54-56-58-60-62-64-66-68-70-72-74-81(84)90-79(78-89-91(85,86)88-76-75-82(3,4)5)77-87-80(83)73-71-69-67-65-63-61-59-57-55-53-51-49-47-45-37-35-33-31-29-27-25-23-21-19-17-15-13-11-9-7-2/h79H,6-78H2,1-5H3/p+1. The summed E-state index contributed by atoms with van der Waals surface area (Å²) in [7, 11) is 1.51. The number of phosphoric ester groups is 1. The van der Waals surface area contributed by atoms with Crippen molar-refractivity contribution in [2.45, 2.75) is 463 Å². The van der Waals surface area contributed by atoms with Gasteiger partial charge >= 0.3 is 19.8 Å². The fraction of sp³-hybridized carbons (Fsp3) is 0.975. The first-order valence-corrected chi connectivity index (χ1v) is 42.8. The van der Waals surface area contributed by atoms with Gasteiger partial charge < -0.3 is 18.9 Å². The van der Waals surface area contributed by atoms with Gasteiger partial charge in [0.1, 0.15) is 19.8 Å². The number of hydrogen-bond acceptors (Lipinski definition) is 7. The van der Waals surface area contributed by atoms with E-state index < -0.39 is 26.5 Å². The molecule has 10 heteroatoms. The number of carbonyl (C=O) groups excluding carboxylic acids is 2. The smallest absolute Gasteiger partial charge is 0.462 e. The summed E-state index contributed by atoms with van der Waals surface area (Å²) in [4.78, 5) is 36.0. The molecule has 0 aromatic heterocycles. The molecular formula is C81H163NO8P+. The van der Waals surface area contributed by atoms with Gasteiger partial charge in [-0.1, -0.05) is 431 Å². The molecule has 0 rings (SSSR count). The molecule has 544 valence electrons. The Hall–Kier alpha value is -0.990. The Morgan fingerprint density at radius 1 is 0.297 bits per heavy atom. The largest absolute Gasteiger partial charge is 0.472 e. The lowest BCUT2D eigenvalue weighted by Gasteiger charge is -2.24. The number of ether oxygens (including phenoxy) is 2. The first-order chi connectivity index (χ1) is 44.5. The van der Waals surface area contributed by atoms with E-state index in [1.54, 1.807) is 0 Å². The van der Waals surface area contributed by atoms with Crippen LogP contribution in [0.1, 0.15) is 457 Å². The van der Waals surface area contributed by atoms with Crippen molar-refractivity contribution < 1.29 is 42.1 Å². The topological polar surface area (TPSA) is 108 Å². The number of nitrogens with zero attached hydrogens (tertiary/aromatic N) is 1. The highest BCUT2D eigenvalue weighted by atomic mass is 31.2. The van der Waals surface area contributed by atoms with Crippen LogP contribution >= 0.6 is 7.82 Å². The van der Waals surface area contributed by atoms with Crippen LogP contribution in [-0.4, -0.2) is 74.9 Å². The molecule has 0 spiro atoms. The molecule has 2 unspecified atom stereocenters. The zero-order valence-corrected chi connectivity index (χ0v) is 63.3. The molecule has 91 heavy (non-hydrogen) atoms. The van der Waals surface area contributed by atoms with Crippen molar-refractivity contribution in [1.29, 1.82) is 0 Å². The van der Waals surface area contributed by atoms with E-state index in [-0.39, 0.29) is 25.6 Å². The molecule has 1 N–H and O–H groups in total. The average Bonchev–Trinajstić information content (AvgIpc) is 3.69. The van der Waals surface area contributed by atoms with Crippen LogP contribution in [0.3, 0.4) is 0 Å². The lowest BCUT2D eigenvalue weighted by Crippen LogP contribution is -2.37. The van der Waals surface area contributed by atoms with E-state index >= 15 is 0 Å². The molecule has 9 nitrogen and oxygen atoms in total. The third-order valence-electron chi connectivity index (χ3n) is 19.4. The van der Waals surface area contributed by atoms with E-state index in [2.05, 4.69) is 13.8 Å². The highest BCUT2D eigenvalue weighted by Crippen LogP contribution is 2.43. The molecule has 0 aliphatic rings. The minimum absolute atomic E-state index is 0.0379. The maximum atomic E-state index is 12.9. The Labute approximate surface area is 569 Å². The normalized spacial score (nSPS) is 12.9. The molecule has 0 bridgehead atoms. The molecule has 2 atom stereocenters. The molecule has 0 amide bonds. The average molecular weight is 1310 g/mol. The minimum Gasteiger partial charge on any atom is -0.462 e. The van der Waals surface area contributed by atoms with Crippen molar-refractivity contribution in [2.24, 2.45) is 0 Å². The predicted molar refractivity (Wildman–Crippen MR) is 395 cm³/mol. The van der Waals surface area contributed by atoms with Crippen LogP contribution in [0.15, 0.2) is 0 Å². The summed E-state index contributed by atoms with van der Waals surface area (Å²) < 4.78 is 34.9. The second-order valence-electron chi connectivity index (χ2n) is 29.9. The van der Waals surface area contributed by atoms with E-state index in [9.17, 15) is 19.0 Å². The third kappa shape index (κ3) is 77.9. The summed E-state index contributed by atoms with van der Waals surface area (Å²) in [5.74, 6) is -0.764. The van der Waals surface area contributed by atoms with Crippen molar-refractivity contribution in [3.8, 4) is 0 Å². The van der Waals surface area contributed by atoms with Crippen molar-refractivity contribution >= 4 is 19.8 Å². The van der Waals surface area contributed by atoms with Crippen LogP contribution in [0.25, 0.3) is 0 Å². The van der Waals surface area contributed by atoms with E-state index in [0.29, 0.717) is 17.4 Å². The van der Waals surface area contributed by atoms with Crippen molar-refractivity contribution in [1.82, 2.24) is 0 Å². The zero-order chi connectivity index (χ0) is 66.2. The number of rotatable bonds is 79. The van der Waals surface area contributed by atoms with Gasteiger partial charge in [0, 0.05) is 12.8 Å². The lowest BCUT2D eigenvalue weighted by molar-refractivity contribution is -0.870. The zero-order valence-electron chi connectivity index (χ0n) is 62.4. The minimum atomic E-state index is -4.39. The second kappa shape index (κ2) is 73.3. The molecule has 0 saturated carbocycles. The first kappa shape index (κ1) is 90.0. The van der Waals surface area contributed by atoms with Crippen molar-refractivity contribution in [3.05, 3.63) is 0 Å². The van der Waals surface area contributed by atoms with Crippen LogP contribution in [0.4, 0.5) is 0 Å². The fourth-order valence-corrected chi connectivity index (χ4v) is 13.8. The number of hydrogen-bond donors (Lipinski definition) is 1. The summed E-state index contributed by atoms with van der Waals surface area (Å²) in [6, 6.07) is 0. The predicted octanol–water partition coefficient (Wildman–Crippen LogP) is 27.2. The molecule has 0 aliphatic heterocycles. The highest BCUT2D eigenvalue weighted by molar-refractivity contribution is 7.47. The Morgan fingerprint density at radius 2 is 0.495 bits per heavy atom. The molecular weight excluding hydrogens is 1150 g/mol. The third-order valence-corrected chi connectivity index (χ3v) is 20.4. The summed E-state index contributed by atoms with van der Waals surface area (Å²) in [5.41, 5.74) is 0. The number of likely N-dealkylation sites (N-methyl/N-ethyl adjacent to an activating group) is 1. The number of carbonyl (C=O) groups is 2. The Morgan fingerprint density at radius 3 is 0.703 bits per heavy atom. The highest BCUT2D eigenvalue weighted by Gasteiger charge is 2.27. The van der Waals surface area contributed by atoms with Gasteiger partial charge in [-0.3, -0.25) is 18.6 Å². The second-order valence-corrected chi connectivity index (χ2v) is 31.3. The van der Waals surface area contributed by atoms with Crippen molar-refractivity contribution in [3.63, 3.8) is 0 Å². The lowest BCUT2D eigenvalue weighted by atomic mass is 10.0. The molecule has 0 fully saturated rings. The fourth-order valence-electron chi connectivity index (χ4n) is 13.1. The van der Waals surface area contributed by atoms with Gasteiger partial charge in [-0.25, -0.2) is 4.57 Å². The van der Waals surface area contributed by atoms with Crippen LogP contribution < -0.4 is 0 Å². The quantitative estimate of drug-likeness (QED) is 0.0278. The molecule has 0 aromatic rings. The SMILES string of the molecule is CCCCCCCCCCCCCCCCCCCCCCCCCCCCCCCCCCCCCCCC(=O)OC(COC(=O)CCCCCCCCCCCCCCCCCCCCCCCCCCCCCCCC)COP(=O)(O)OCC[N+](C)(C)C. The summed E-state index contributed by atoms with van der Waals surface area (Å²) in [5, 5.41) is 0. The van der Waals surface area contributed by atoms with E-state index in [1.807, 2.05) is 21.1 Å². The molecule has 0 radical (unpaired) electrons. The van der Waals surface area contributed by atoms with Crippen LogP contribution in [0.5, 0.6) is 0 Å². The maximum Gasteiger partial charge on any atom is 0.472 e. The number of quaternary nitrogens is 1.